The molecule has 1 heterocycles. The standard InChI is InChI=1S/C8H6BrNO2/c9-4-5-1-2-6-7(3-5)12-10-8(6)11/h1-3H,4H2,(H,10,11). The van der Waals surface area contributed by atoms with Crippen molar-refractivity contribution in [2.45, 2.75) is 5.33 Å². The number of aromatic amines is 1. The first-order valence-electron chi connectivity index (χ1n) is 3.47. The van der Waals surface area contributed by atoms with E-state index in [4.69, 9.17) is 4.52 Å². The average Bonchev–Trinajstić information content (AvgIpc) is 2.47. The number of aromatic nitrogens is 1. The number of alkyl halides is 1. The molecule has 0 aliphatic heterocycles. The first kappa shape index (κ1) is 7.61. The Hall–Kier alpha value is -1.03. The fraction of sp³-hybridized carbons (Fsp3) is 0.125. The molecule has 0 fully saturated rings. The molecule has 0 aliphatic carbocycles. The molecule has 0 saturated carbocycles. The number of fused-ring (bicyclic) bond motifs is 1. The van der Waals surface area contributed by atoms with Crippen molar-refractivity contribution in [3.63, 3.8) is 0 Å². The number of benzene rings is 1. The molecular formula is C8H6BrNO2. The molecule has 0 amide bonds. The van der Waals surface area contributed by atoms with Crippen molar-refractivity contribution >= 4 is 26.9 Å². The van der Waals surface area contributed by atoms with E-state index in [0.717, 1.165) is 10.9 Å². The van der Waals surface area contributed by atoms with Crippen molar-refractivity contribution in [1.82, 2.24) is 5.16 Å². The van der Waals surface area contributed by atoms with Gasteiger partial charge in [-0.05, 0) is 17.7 Å². The van der Waals surface area contributed by atoms with E-state index < -0.39 is 0 Å². The minimum Gasteiger partial charge on any atom is -0.378 e. The number of H-pyrrole nitrogens is 1. The molecule has 0 radical (unpaired) electrons. The fourth-order valence-electron chi connectivity index (χ4n) is 1.08. The molecule has 0 unspecified atom stereocenters. The summed E-state index contributed by atoms with van der Waals surface area (Å²) in [6.45, 7) is 0. The molecule has 1 N–H and O–H groups in total. The molecule has 0 bridgehead atoms. The smallest absolute Gasteiger partial charge is 0.287 e. The molecule has 3 nitrogen and oxygen atoms in total. The van der Waals surface area contributed by atoms with Crippen LogP contribution in [0.25, 0.3) is 11.0 Å². The lowest BCUT2D eigenvalue weighted by Gasteiger charge is -1.91. The van der Waals surface area contributed by atoms with Gasteiger partial charge in [-0.15, -0.1) is 0 Å². The highest BCUT2D eigenvalue weighted by Gasteiger charge is 2.02. The summed E-state index contributed by atoms with van der Waals surface area (Å²) < 4.78 is 4.93. The molecule has 62 valence electrons. The summed E-state index contributed by atoms with van der Waals surface area (Å²) in [5.74, 6) is 0. The number of hydrogen-bond donors (Lipinski definition) is 1. The Balaban J connectivity index is 2.77. The molecule has 0 spiro atoms. The van der Waals surface area contributed by atoms with E-state index in [2.05, 4.69) is 21.1 Å². The van der Waals surface area contributed by atoms with Gasteiger partial charge in [0.2, 0.25) is 0 Å². The molecule has 4 heteroatoms. The zero-order valence-corrected chi connectivity index (χ0v) is 7.72. The van der Waals surface area contributed by atoms with Gasteiger partial charge in [0.1, 0.15) is 0 Å². The number of nitrogens with one attached hydrogen (secondary N) is 1. The summed E-state index contributed by atoms with van der Waals surface area (Å²) in [6, 6.07) is 5.48. The first-order chi connectivity index (χ1) is 5.81. The minimum absolute atomic E-state index is 0.175. The van der Waals surface area contributed by atoms with E-state index in [1.807, 2.05) is 12.1 Å². The number of rotatable bonds is 1. The van der Waals surface area contributed by atoms with Crippen LogP contribution in [0.2, 0.25) is 0 Å². The van der Waals surface area contributed by atoms with Crippen LogP contribution in [-0.4, -0.2) is 5.16 Å². The topological polar surface area (TPSA) is 46.0 Å². The van der Waals surface area contributed by atoms with Crippen LogP contribution in [0, 0.1) is 0 Å². The van der Waals surface area contributed by atoms with E-state index in [1.54, 1.807) is 6.07 Å². The largest absolute Gasteiger partial charge is 0.378 e. The minimum atomic E-state index is -0.175. The highest BCUT2D eigenvalue weighted by molar-refractivity contribution is 9.08. The molecule has 1 aromatic heterocycles. The van der Waals surface area contributed by atoms with Gasteiger partial charge in [0, 0.05) is 5.33 Å². The highest BCUT2D eigenvalue weighted by Crippen LogP contribution is 2.13. The first-order valence-corrected chi connectivity index (χ1v) is 4.59. The Morgan fingerprint density at radius 1 is 1.50 bits per heavy atom. The van der Waals surface area contributed by atoms with Crippen molar-refractivity contribution in [3.8, 4) is 0 Å². The number of hydrogen-bond acceptors (Lipinski definition) is 2. The summed E-state index contributed by atoms with van der Waals surface area (Å²) in [5, 5.41) is 3.64. The maximum atomic E-state index is 11.0. The van der Waals surface area contributed by atoms with Gasteiger partial charge in [0.15, 0.2) is 5.58 Å². The van der Waals surface area contributed by atoms with Crippen LogP contribution in [0.1, 0.15) is 5.56 Å². The van der Waals surface area contributed by atoms with Gasteiger partial charge in [-0.2, -0.15) is 5.16 Å². The normalized spacial score (nSPS) is 10.8. The second kappa shape index (κ2) is 2.79. The van der Waals surface area contributed by atoms with Gasteiger partial charge >= 0.3 is 0 Å². The second-order valence-electron chi connectivity index (χ2n) is 2.50. The monoisotopic (exact) mass is 227 g/mol. The van der Waals surface area contributed by atoms with Crippen LogP contribution < -0.4 is 5.56 Å². The summed E-state index contributed by atoms with van der Waals surface area (Å²) in [7, 11) is 0. The van der Waals surface area contributed by atoms with E-state index in [-0.39, 0.29) is 5.56 Å². The van der Waals surface area contributed by atoms with Gasteiger partial charge in [-0.1, -0.05) is 22.0 Å². The maximum absolute atomic E-state index is 11.0. The lowest BCUT2D eigenvalue weighted by molar-refractivity contribution is 0.449. The Morgan fingerprint density at radius 2 is 2.33 bits per heavy atom. The maximum Gasteiger partial charge on any atom is 0.287 e. The molecule has 0 saturated heterocycles. The van der Waals surface area contributed by atoms with Crippen LogP contribution >= 0.6 is 15.9 Å². The molecule has 1 aromatic carbocycles. The molecule has 2 aromatic rings. The fourth-order valence-corrected chi connectivity index (χ4v) is 1.43. The second-order valence-corrected chi connectivity index (χ2v) is 3.06. The van der Waals surface area contributed by atoms with Crippen LogP contribution in [0.4, 0.5) is 0 Å². The number of halogens is 1. The highest BCUT2D eigenvalue weighted by atomic mass is 79.9. The van der Waals surface area contributed by atoms with Gasteiger partial charge < -0.3 is 4.52 Å². The predicted octanol–water partition coefficient (Wildman–Crippen LogP) is 2.02. The third-order valence-corrected chi connectivity index (χ3v) is 2.35. The van der Waals surface area contributed by atoms with Gasteiger partial charge in [-0.3, -0.25) is 4.79 Å². The van der Waals surface area contributed by atoms with Crippen molar-refractivity contribution < 1.29 is 4.52 Å². The summed E-state index contributed by atoms with van der Waals surface area (Å²) in [5.41, 5.74) is 1.52. The van der Waals surface area contributed by atoms with E-state index >= 15 is 0 Å². The predicted molar refractivity (Wildman–Crippen MR) is 49.5 cm³/mol. The van der Waals surface area contributed by atoms with E-state index in [1.165, 1.54) is 0 Å². The zero-order valence-electron chi connectivity index (χ0n) is 6.13. The molecule has 0 atom stereocenters. The van der Waals surface area contributed by atoms with Crippen molar-refractivity contribution in [2.75, 3.05) is 0 Å². The van der Waals surface area contributed by atoms with Gasteiger partial charge in [0.25, 0.3) is 5.56 Å². The summed E-state index contributed by atoms with van der Waals surface area (Å²) in [6.07, 6.45) is 0. The van der Waals surface area contributed by atoms with Crippen LogP contribution in [0.15, 0.2) is 27.5 Å². The SMILES string of the molecule is O=c1[nH]oc2cc(CBr)ccc12. The van der Waals surface area contributed by atoms with Crippen molar-refractivity contribution in [3.05, 3.63) is 34.1 Å². The van der Waals surface area contributed by atoms with E-state index in [0.29, 0.717) is 11.0 Å². The molecule has 12 heavy (non-hydrogen) atoms. The van der Waals surface area contributed by atoms with Crippen molar-refractivity contribution in [2.24, 2.45) is 0 Å². The Bertz CT molecular complexity index is 457. The lowest BCUT2D eigenvalue weighted by atomic mass is 10.2. The average molecular weight is 228 g/mol. The summed E-state index contributed by atoms with van der Waals surface area (Å²) >= 11 is 3.32. The summed E-state index contributed by atoms with van der Waals surface area (Å²) in [4.78, 5) is 11.0. The molecular weight excluding hydrogens is 222 g/mol. The quantitative estimate of drug-likeness (QED) is 0.759. The lowest BCUT2D eigenvalue weighted by Crippen LogP contribution is -1.95. The van der Waals surface area contributed by atoms with Crippen LogP contribution in [0.3, 0.4) is 0 Å². The van der Waals surface area contributed by atoms with Crippen LogP contribution in [0.5, 0.6) is 0 Å². The Morgan fingerprint density at radius 3 is 3.08 bits per heavy atom. The molecule has 0 aliphatic rings. The Kier molecular flexibility index (Phi) is 1.77. The van der Waals surface area contributed by atoms with Crippen LogP contribution in [-0.2, 0) is 5.33 Å². The molecule has 2 rings (SSSR count). The van der Waals surface area contributed by atoms with E-state index in [9.17, 15) is 4.79 Å². The third-order valence-electron chi connectivity index (χ3n) is 1.70. The Labute approximate surface area is 76.5 Å². The van der Waals surface area contributed by atoms with Gasteiger partial charge in [0.05, 0.1) is 5.39 Å². The third kappa shape index (κ3) is 1.08. The van der Waals surface area contributed by atoms with Crippen molar-refractivity contribution in [1.29, 1.82) is 0 Å². The van der Waals surface area contributed by atoms with Gasteiger partial charge in [-0.25, -0.2) is 0 Å². The zero-order chi connectivity index (χ0) is 8.55.